The molecule has 0 atom stereocenters. The van der Waals surface area contributed by atoms with Gasteiger partial charge in [-0.15, -0.1) is 0 Å². The highest BCUT2D eigenvalue weighted by molar-refractivity contribution is 5.96. The van der Waals surface area contributed by atoms with Gasteiger partial charge >= 0.3 is 0 Å². The molecule has 0 aromatic carbocycles. The van der Waals surface area contributed by atoms with Crippen LogP contribution in [0.1, 0.15) is 49.0 Å². The second-order valence-corrected chi connectivity index (χ2v) is 6.60. The lowest BCUT2D eigenvalue weighted by molar-refractivity contribution is -0.136. The van der Waals surface area contributed by atoms with Crippen LogP contribution in [-0.4, -0.2) is 57.8 Å². The molecule has 0 radical (unpaired) electrons. The molecule has 0 unspecified atom stereocenters. The topological polar surface area (TPSA) is 92.4 Å². The molecule has 7 heteroatoms. The Labute approximate surface area is 142 Å². The van der Waals surface area contributed by atoms with Gasteiger partial charge in [0.15, 0.2) is 11.5 Å². The van der Waals surface area contributed by atoms with E-state index in [9.17, 15) is 9.59 Å². The Balaban J connectivity index is 1.56. The molecule has 1 aromatic heterocycles. The van der Waals surface area contributed by atoms with Gasteiger partial charge in [0, 0.05) is 44.5 Å². The summed E-state index contributed by atoms with van der Waals surface area (Å²) in [6, 6.07) is 0. The number of anilines is 1. The number of aromatic nitrogens is 2. The molecule has 2 saturated heterocycles. The molecule has 0 aliphatic carbocycles. The third kappa shape index (κ3) is 3.66. The summed E-state index contributed by atoms with van der Waals surface area (Å²) < 4.78 is 0. The molecule has 2 N–H and O–H groups in total. The average molecular weight is 331 g/mol. The molecule has 2 aliphatic heterocycles. The van der Waals surface area contributed by atoms with Crippen molar-refractivity contribution in [3.05, 3.63) is 18.1 Å². The first-order valence-electron chi connectivity index (χ1n) is 8.81. The number of hydrogen-bond donors (Lipinski definition) is 1. The minimum atomic E-state index is -0.193. The molecule has 3 rings (SSSR count). The number of hydrogen-bond acceptors (Lipinski definition) is 5. The van der Waals surface area contributed by atoms with Gasteiger partial charge in [-0.3, -0.25) is 9.59 Å². The van der Waals surface area contributed by atoms with Crippen molar-refractivity contribution in [2.24, 2.45) is 5.92 Å². The second kappa shape index (κ2) is 7.59. The summed E-state index contributed by atoms with van der Waals surface area (Å²) in [7, 11) is 0. The number of nitrogens with zero attached hydrogens (tertiary/aromatic N) is 4. The Morgan fingerprint density at radius 3 is 2.17 bits per heavy atom. The van der Waals surface area contributed by atoms with Crippen LogP contribution in [0.25, 0.3) is 0 Å². The first kappa shape index (κ1) is 16.7. The summed E-state index contributed by atoms with van der Waals surface area (Å²) in [4.78, 5) is 36.9. The molecule has 2 amide bonds. The van der Waals surface area contributed by atoms with Crippen molar-refractivity contribution in [2.75, 3.05) is 31.9 Å². The van der Waals surface area contributed by atoms with Crippen LogP contribution in [0.2, 0.25) is 0 Å². The number of carbonyl (C=O) groups excluding carboxylic acids is 2. The highest BCUT2D eigenvalue weighted by Gasteiger charge is 2.31. The molecule has 0 bridgehead atoms. The minimum absolute atomic E-state index is 0.0337. The van der Waals surface area contributed by atoms with Crippen molar-refractivity contribution in [3.8, 4) is 0 Å². The molecule has 1 aromatic rings. The van der Waals surface area contributed by atoms with E-state index < -0.39 is 0 Å². The quantitative estimate of drug-likeness (QED) is 0.882. The van der Waals surface area contributed by atoms with Gasteiger partial charge in [-0.25, -0.2) is 9.97 Å². The van der Waals surface area contributed by atoms with Crippen molar-refractivity contribution in [3.63, 3.8) is 0 Å². The fraction of sp³-hybridized carbons (Fsp3) is 0.647. The van der Waals surface area contributed by atoms with E-state index >= 15 is 0 Å². The molecule has 7 nitrogen and oxygen atoms in total. The van der Waals surface area contributed by atoms with Crippen LogP contribution < -0.4 is 5.73 Å². The van der Waals surface area contributed by atoms with Gasteiger partial charge in [-0.1, -0.05) is 12.8 Å². The number of nitrogens with two attached hydrogens (primary N) is 1. The highest BCUT2D eigenvalue weighted by Crippen LogP contribution is 2.23. The molecule has 24 heavy (non-hydrogen) atoms. The van der Waals surface area contributed by atoms with E-state index in [1.165, 1.54) is 25.2 Å². The van der Waals surface area contributed by atoms with Gasteiger partial charge in [0.25, 0.3) is 5.91 Å². The summed E-state index contributed by atoms with van der Waals surface area (Å²) in [5.41, 5.74) is 5.94. The second-order valence-electron chi connectivity index (χ2n) is 6.60. The summed E-state index contributed by atoms with van der Waals surface area (Å²) in [6.07, 6.45) is 9.01. The lowest BCUT2D eigenvalue weighted by Gasteiger charge is -2.34. The SMILES string of the molecule is Nc1nccnc1C(=O)N1CCC(C(=O)N2CCCCCC2)CC1. The van der Waals surface area contributed by atoms with Gasteiger partial charge in [0.2, 0.25) is 5.91 Å². The van der Waals surface area contributed by atoms with E-state index in [4.69, 9.17) is 5.73 Å². The van der Waals surface area contributed by atoms with Crippen LogP contribution >= 0.6 is 0 Å². The maximum atomic E-state index is 12.7. The van der Waals surface area contributed by atoms with Crippen LogP contribution in [0.3, 0.4) is 0 Å². The van der Waals surface area contributed by atoms with Gasteiger partial charge in [0.1, 0.15) is 0 Å². The monoisotopic (exact) mass is 331 g/mol. The standard InChI is InChI=1S/C17H25N5O2/c18-15-14(19-7-8-20-15)17(24)22-11-5-13(6-12-22)16(23)21-9-3-1-2-4-10-21/h7-8,13H,1-6,9-12H2,(H2,18,20). The molecular formula is C17H25N5O2. The zero-order chi connectivity index (χ0) is 16.9. The number of nitrogen functional groups attached to an aromatic ring is 1. The Bertz CT molecular complexity index is 590. The third-order valence-electron chi connectivity index (χ3n) is 4.98. The van der Waals surface area contributed by atoms with Gasteiger partial charge < -0.3 is 15.5 Å². The zero-order valence-corrected chi connectivity index (χ0v) is 14.0. The smallest absolute Gasteiger partial charge is 0.276 e. The van der Waals surface area contributed by atoms with E-state index in [1.807, 2.05) is 4.90 Å². The first-order valence-corrected chi connectivity index (χ1v) is 8.81. The van der Waals surface area contributed by atoms with Crippen LogP contribution in [0, 0.1) is 5.92 Å². The van der Waals surface area contributed by atoms with Crippen molar-refractivity contribution in [2.45, 2.75) is 38.5 Å². The Kier molecular flexibility index (Phi) is 5.27. The fourth-order valence-corrected chi connectivity index (χ4v) is 3.54. The average Bonchev–Trinajstić information content (AvgIpc) is 2.90. The first-order chi connectivity index (χ1) is 11.7. The van der Waals surface area contributed by atoms with Crippen molar-refractivity contribution in [1.29, 1.82) is 0 Å². The van der Waals surface area contributed by atoms with Crippen LogP contribution in [0.4, 0.5) is 5.82 Å². The van der Waals surface area contributed by atoms with Crippen molar-refractivity contribution in [1.82, 2.24) is 19.8 Å². The van der Waals surface area contributed by atoms with Crippen molar-refractivity contribution < 1.29 is 9.59 Å². The Hall–Kier alpha value is -2.18. The van der Waals surface area contributed by atoms with E-state index in [-0.39, 0.29) is 29.2 Å². The van der Waals surface area contributed by atoms with E-state index in [2.05, 4.69) is 9.97 Å². The molecule has 0 spiro atoms. The molecule has 130 valence electrons. The van der Waals surface area contributed by atoms with Crippen LogP contribution in [-0.2, 0) is 4.79 Å². The number of rotatable bonds is 2. The Morgan fingerprint density at radius 1 is 0.917 bits per heavy atom. The maximum absolute atomic E-state index is 12.7. The molecule has 2 aliphatic rings. The minimum Gasteiger partial charge on any atom is -0.382 e. The predicted octanol–water partition coefficient (Wildman–Crippen LogP) is 1.31. The van der Waals surface area contributed by atoms with E-state index in [0.29, 0.717) is 25.9 Å². The van der Waals surface area contributed by atoms with Gasteiger partial charge in [-0.05, 0) is 25.7 Å². The third-order valence-corrected chi connectivity index (χ3v) is 4.98. The normalized spacial score (nSPS) is 19.8. The van der Waals surface area contributed by atoms with Gasteiger partial charge in [-0.2, -0.15) is 0 Å². The molecular weight excluding hydrogens is 306 g/mol. The number of likely N-dealkylation sites (tertiary alicyclic amines) is 2. The van der Waals surface area contributed by atoms with Crippen LogP contribution in [0.5, 0.6) is 0 Å². The van der Waals surface area contributed by atoms with Gasteiger partial charge in [0.05, 0.1) is 0 Å². The predicted molar refractivity (Wildman–Crippen MR) is 90.1 cm³/mol. The molecule has 3 heterocycles. The zero-order valence-electron chi connectivity index (χ0n) is 14.0. The molecule has 0 saturated carbocycles. The highest BCUT2D eigenvalue weighted by atomic mass is 16.2. The summed E-state index contributed by atoms with van der Waals surface area (Å²) in [6.45, 7) is 2.90. The number of carbonyl (C=O) groups is 2. The van der Waals surface area contributed by atoms with Crippen LogP contribution in [0.15, 0.2) is 12.4 Å². The summed E-state index contributed by atoms with van der Waals surface area (Å²) in [5, 5.41) is 0. The lowest BCUT2D eigenvalue weighted by Crippen LogP contribution is -2.45. The summed E-state index contributed by atoms with van der Waals surface area (Å²) >= 11 is 0. The lowest BCUT2D eigenvalue weighted by atomic mass is 9.95. The fourth-order valence-electron chi connectivity index (χ4n) is 3.54. The van der Waals surface area contributed by atoms with Crippen molar-refractivity contribution >= 4 is 17.6 Å². The Morgan fingerprint density at radius 2 is 1.54 bits per heavy atom. The number of piperidine rings is 1. The largest absolute Gasteiger partial charge is 0.382 e. The molecule has 2 fully saturated rings. The summed E-state index contributed by atoms with van der Waals surface area (Å²) in [5.74, 6) is 0.265. The maximum Gasteiger partial charge on any atom is 0.276 e. The van der Waals surface area contributed by atoms with E-state index in [0.717, 1.165) is 25.9 Å². The number of amides is 2. The van der Waals surface area contributed by atoms with E-state index in [1.54, 1.807) is 4.90 Å².